The first kappa shape index (κ1) is 11.0. The number of halogens is 2. The summed E-state index contributed by atoms with van der Waals surface area (Å²) < 4.78 is 26.3. The van der Waals surface area contributed by atoms with Crippen LogP contribution in [0.15, 0.2) is 18.2 Å². The van der Waals surface area contributed by atoms with Gasteiger partial charge in [0.05, 0.1) is 0 Å². The van der Waals surface area contributed by atoms with E-state index < -0.39 is 11.6 Å². The van der Waals surface area contributed by atoms with Gasteiger partial charge in [-0.3, -0.25) is 4.79 Å². The van der Waals surface area contributed by atoms with Crippen LogP contribution in [0.4, 0.5) is 8.78 Å². The van der Waals surface area contributed by atoms with Crippen LogP contribution in [0.2, 0.25) is 0 Å². The Morgan fingerprint density at radius 3 is 2.81 bits per heavy atom. The van der Waals surface area contributed by atoms with Crippen molar-refractivity contribution in [1.29, 1.82) is 0 Å². The van der Waals surface area contributed by atoms with Gasteiger partial charge < -0.3 is 5.32 Å². The molecule has 2 nitrogen and oxygen atoms in total. The summed E-state index contributed by atoms with van der Waals surface area (Å²) >= 11 is 0. The van der Waals surface area contributed by atoms with Crippen molar-refractivity contribution < 1.29 is 13.6 Å². The summed E-state index contributed by atoms with van der Waals surface area (Å²) in [5.41, 5.74) is 0.434. The van der Waals surface area contributed by atoms with Gasteiger partial charge in [0.15, 0.2) is 0 Å². The second-order valence-corrected chi connectivity index (χ2v) is 4.26. The van der Waals surface area contributed by atoms with Crippen molar-refractivity contribution in [2.24, 2.45) is 5.92 Å². The highest BCUT2D eigenvalue weighted by atomic mass is 19.1. The van der Waals surface area contributed by atoms with Crippen LogP contribution in [0.1, 0.15) is 24.8 Å². The number of nitrogens with one attached hydrogen (secondary N) is 1. The van der Waals surface area contributed by atoms with Crippen LogP contribution in [0, 0.1) is 17.6 Å². The molecule has 1 heterocycles. The third-order valence-electron chi connectivity index (χ3n) is 3.08. The molecule has 0 spiro atoms. The Labute approximate surface area is 92.7 Å². The van der Waals surface area contributed by atoms with E-state index in [0.29, 0.717) is 12.1 Å². The van der Waals surface area contributed by atoms with E-state index in [-0.39, 0.29) is 24.2 Å². The van der Waals surface area contributed by atoms with Gasteiger partial charge in [0.25, 0.3) is 0 Å². The Balaban J connectivity index is 2.31. The van der Waals surface area contributed by atoms with E-state index >= 15 is 0 Å². The Hall–Kier alpha value is -1.45. The topological polar surface area (TPSA) is 29.1 Å². The highest BCUT2D eigenvalue weighted by Crippen LogP contribution is 2.32. The molecule has 0 bridgehead atoms. The molecule has 0 saturated carbocycles. The molecule has 1 aliphatic heterocycles. The fourth-order valence-electron chi connectivity index (χ4n) is 2.11. The molecule has 2 rings (SSSR count). The highest BCUT2D eigenvalue weighted by Gasteiger charge is 2.29. The Morgan fingerprint density at radius 2 is 2.12 bits per heavy atom. The lowest BCUT2D eigenvalue weighted by atomic mass is 9.82. The third-order valence-corrected chi connectivity index (χ3v) is 3.08. The van der Waals surface area contributed by atoms with Gasteiger partial charge in [0.1, 0.15) is 11.6 Å². The van der Waals surface area contributed by atoms with Crippen molar-refractivity contribution >= 4 is 5.91 Å². The van der Waals surface area contributed by atoms with Gasteiger partial charge in [0.2, 0.25) is 5.91 Å². The molecule has 1 saturated heterocycles. The van der Waals surface area contributed by atoms with Crippen molar-refractivity contribution in [3.8, 4) is 0 Å². The van der Waals surface area contributed by atoms with Gasteiger partial charge in [-0.25, -0.2) is 8.78 Å². The summed E-state index contributed by atoms with van der Waals surface area (Å²) in [6.45, 7) is 2.49. The largest absolute Gasteiger partial charge is 0.356 e. The monoisotopic (exact) mass is 225 g/mol. The molecular formula is C12H13F2NO. The van der Waals surface area contributed by atoms with Gasteiger partial charge in [-0.1, -0.05) is 13.0 Å². The molecule has 86 valence electrons. The van der Waals surface area contributed by atoms with E-state index in [0.717, 1.165) is 6.07 Å². The summed E-state index contributed by atoms with van der Waals surface area (Å²) in [5, 5.41) is 2.73. The molecule has 0 radical (unpaired) electrons. The van der Waals surface area contributed by atoms with Crippen LogP contribution >= 0.6 is 0 Å². The van der Waals surface area contributed by atoms with Crippen LogP contribution in [0.3, 0.4) is 0 Å². The van der Waals surface area contributed by atoms with Crippen molar-refractivity contribution in [2.75, 3.05) is 6.54 Å². The van der Waals surface area contributed by atoms with Gasteiger partial charge in [0, 0.05) is 19.0 Å². The maximum atomic E-state index is 13.6. The van der Waals surface area contributed by atoms with Crippen LogP contribution < -0.4 is 5.32 Å². The predicted octanol–water partition coefficient (Wildman–Crippen LogP) is 2.20. The van der Waals surface area contributed by atoms with E-state index in [1.807, 2.05) is 6.92 Å². The number of piperidine rings is 1. The molecule has 2 atom stereocenters. The van der Waals surface area contributed by atoms with Crippen molar-refractivity contribution in [1.82, 2.24) is 5.32 Å². The number of amides is 1. The molecule has 0 aromatic heterocycles. The van der Waals surface area contributed by atoms with E-state index in [4.69, 9.17) is 0 Å². The molecule has 1 aromatic rings. The van der Waals surface area contributed by atoms with Crippen molar-refractivity contribution in [2.45, 2.75) is 19.3 Å². The zero-order valence-corrected chi connectivity index (χ0v) is 8.97. The lowest BCUT2D eigenvalue weighted by molar-refractivity contribution is -0.123. The predicted molar refractivity (Wildman–Crippen MR) is 55.9 cm³/mol. The molecule has 16 heavy (non-hydrogen) atoms. The number of hydrogen-bond acceptors (Lipinski definition) is 1. The van der Waals surface area contributed by atoms with E-state index in [1.165, 1.54) is 12.1 Å². The SMILES string of the molecule is CC1CNC(=O)CC1c1ccc(F)cc1F. The second-order valence-electron chi connectivity index (χ2n) is 4.26. The lowest BCUT2D eigenvalue weighted by Gasteiger charge is -2.29. The van der Waals surface area contributed by atoms with Crippen molar-refractivity contribution in [3.05, 3.63) is 35.4 Å². The minimum absolute atomic E-state index is 0.0770. The summed E-state index contributed by atoms with van der Waals surface area (Å²) in [6, 6.07) is 3.54. The Morgan fingerprint density at radius 1 is 1.38 bits per heavy atom. The lowest BCUT2D eigenvalue weighted by Crippen LogP contribution is -2.38. The zero-order valence-electron chi connectivity index (χ0n) is 8.97. The summed E-state index contributed by atoms with van der Waals surface area (Å²) in [4.78, 5) is 11.3. The summed E-state index contributed by atoms with van der Waals surface area (Å²) in [6.07, 6.45) is 0.268. The first-order valence-corrected chi connectivity index (χ1v) is 5.29. The molecule has 1 aliphatic rings. The number of carbonyl (C=O) groups excluding carboxylic acids is 1. The van der Waals surface area contributed by atoms with Crippen LogP contribution in [-0.4, -0.2) is 12.5 Å². The molecule has 2 unspecified atom stereocenters. The first-order chi connectivity index (χ1) is 7.58. The molecule has 1 amide bonds. The van der Waals surface area contributed by atoms with E-state index in [2.05, 4.69) is 5.32 Å². The van der Waals surface area contributed by atoms with Gasteiger partial charge in [-0.15, -0.1) is 0 Å². The molecule has 0 aliphatic carbocycles. The Bertz CT molecular complexity index is 419. The number of hydrogen-bond donors (Lipinski definition) is 1. The average molecular weight is 225 g/mol. The molecule has 4 heteroatoms. The zero-order chi connectivity index (χ0) is 11.7. The van der Waals surface area contributed by atoms with Crippen LogP contribution in [-0.2, 0) is 4.79 Å². The maximum Gasteiger partial charge on any atom is 0.220 e. The first-order valence-electron chi connectivity index (χ1n) is 5.29. The smallest absolute Gasteiger partial charge is 0.220 e. The fourth-order valence-corrected chi connectivity index (χ4v) is 2.11. The minimum atomic E-state index is -0.589. The number of benzene rings is 1. The molecule has 1 aromatic carbocycles. The van der Waals surface area contributed by atoms with Gasteiger partial charge in [-0.2, -0.15) is 0 Å². The second kappa shape index (κ2) is 4.20. The van der Waals surface area contributed by atoms with Gasteiger partial charge in [-0.05, 0) is 23.5 Å². The fraction of sp³-hybridized carbons (Fsp3) is 0.417. The molecule has 1 N–H and O–H groups in total. The molecule has 1 fully saturated rings. The number of carbonyl (C=O) groups is 1. The highest BCUT2D eigenvalue weighted by molar-refractivity contribution is 5.77. The Kier molecular flexibility index (Phi) is 2.90. The maximum absolute atomic E-state index is 13.6. The van der Waals surface area contributed by atoms with Crippen molar-refractivity contribution in [3.63, 3.8) is 0 Å². The minimum Gasteiger partial charge on any atom is -0.356 e. The third kappa shape index (κ3) is 2.05. The number of rotatable bonds is 1. The van der Waals surface area contributed by atoms with E-state index in [1.54, 1.807) is 0 Å². The average Bonchev–Trinajstić information content (AvgIpc) is 2.22. The quantitative estimate of drug-likeness (QED) is 0.780. The summed E-state index contributed by atoms with van der Waals surface area (Å²) in [7, 11) is 0. The van der Waals surface area contributed by atoms with E-state index in [9.17, 15) is 13.6 Å². The molecular weight excluding hydrogens is 212 g/mol. The van der Waals surface area contributed by atoms with Crippen LogP contribution in [0.5, 0.6) is 0 Å². The van der Waals surface area contributed by atoms with Crippen LogP contribution in [0.25, 0.3) is 0 Å². The van der Waals surface area contributed by atoms with Gasteiger partial charge >= 0.3 is 0 Å². The standard InChI is InChI=1S/C12H13F2NO/c1-7-6-15-12(16)5-10(7)9-3-2-8(13)4-11(9)14/h2-4,7,10H,5-6H2,1H3,(H,15,16). The summed E-state index contributed by atoms with van der Waals surface area (Å²) in [5.74, 6) is -1.22. The normalized spacial score (nSPS) is 25.3.